The van der Waals surface area contributed by atoms with Gasteiger partial charge in [-0.05, 0) is 25.6 Å². The van der Waals surface area contributed by atoms with Crippen molar-refractivity contribution in [1.29, 1.82) is 0 Å². The molecule has 0 spiro atoms. The zero-order valence-corrected chi connectivity index (χ0v) is 11.2. The first-order valence-electron chi connectivity index (χ1n) is 5.94. The van der Waals surface area contributed by atoms with E-state index in [2.05, 4.69) is 34.3 Å². The maximum Gasteiger partial charge on any atom is 0.128 e. The van der Waals surface area contributed by atoms with Gasteiger partial charge in [-0.15, -0.1) is 0 Å². The summed E-state index contributed by atoms with van der Waals surface area (Å²) in [7, 11) is 1.32. The van der Waals surface area contributed by atoms with E-state index >= 15 is 0 Å². The van der Waals surface area contributed by atoms with Crippen molar-refractivity contribution in [3.05, 3.63) is 23.9 Å². The molecule has 2 rings (SSSR count). The maximum absolute atomic E-state index is 11.3. The molecule has 0 radical (unpaired) electrons. The summed E-state index contributed by atoms with van der Waals surface area (Å²) in [5.41, 5.74) is 1.19. The molecule has 0 amide bonds. The fourth-order valence-electron chi connectivity index (χ4n) is 1.87. The summed E-state index contributed by atoms with van der Waals surface area (Å²) in [5, 5.41) is 3.19. The smallest absolute Gasteiger partial charge is 0.128 e. The summed E-state index contributed by atoms with van der Waals surface area (Å²) in [4.78, 5) is 6.69. The summed E-state index contributed by atoms with van der Waals surface area (Å²) in [6.45, 7) is 3.81. The molecule has 1 saturated heterocycles. The van der Waals surface area contributed by atoms with Crippen LogP contribution in [0.25, 0.3) is 0 Å². The molecule has 94 valence electrons. The molecule has 2 heterocycles. The van der Waals surface area contributed by atoms with Gasteiger partial charge in [-0.3, -0.25) is 4.21 Å². The summed E-state index contributed by atoms with van der Waals surface area (Å²) < 4.78 is 11.3. The molecule has 1 aromatic heterocycles. The van der Waals surface area contributed by atoms with Crippen LogP contribution in [0.4, 0.5) is 5.82 Å². The molecule has 0 aliphatic carbocycles. The van der Waals surface area contributed by atoms with Gasteiger partial charge in [0.05, 0.1) is 0 Å². The summed E-state index contributed by atoms with van der Waals surface area (Å²) in [5.74, 6) is 2.51. The number of aromatic nitrogens is 1. The molecule has 1 unspecified atom stereocenters. The molecule has 17 heavy (non-hydrogen) atoms. The van der Waals surface area contributed by atoms with Gasteiger partial charge < -0.3 is 10.2 Å². The van der Waals surface area contributed by atoms with Crippen molar-refractivity contribution in [2.45, 2.75) is 13.0 Å². The topological polar surface area (TPSA) is 45.2 Å². The number of pyridine rings is 1. The molecule has 1 aromatic rings. The van der Waals surface area contributed by atoms with Crippen LogP contribution in [-0.4, -0.2) is 40.8 Å². The lowest BCUT2D eigenvalue weighted by Gasteiger charge is -2.27. The zero-order valence-electron chi connectivity index (χ0n) is 10.3. The van der Waals surface area contributed by atoms with Crippen molar-refractivity contribution >= 4 is 16.6 Å². The van der Waals surface area contributed by atoms with E-state index in [1.54, 1.807) is 0 Å². The van der Waals surface area contributed by atoms with Gasteiger partial charge in [-0.2, -0.15) is 0 Å². The van der Waals surface area contributed by atoms with Crippen molar-refractivity contribution in [1.82, 2.24) is 10.3 Å². The van der Waals surface area contributed by atoms with Gasteiger partial charge in [0.15, 0.2) is 0 Å². The Morgan fingerprint density at radius 2 is 2.12 bits per heavy atom. The Morgan fingerprint density at radius 3 is 2.65 bits per heavy atom. The minimum atomic E-state index is -0.627. The Balaban J connectivity index is 2.05. The largest absolute Gasteiger partial charge is 0.355 e. The van der Waals surface area contributed by atoms with Crippen molar-refractivity contribution < 1.29 is 4.21 Å². The third kappa shape index (κ3) is 3.04. The molecule has 1 N–H and O–H groups in total. The maximum atomic E-state index is 11.3. The molecule has 4 nitrogen and oxygen atoms in total. The van der Waals surface area contributed by atoms with E-state index in [9.17, 15) is 4.21 Å². The fourth-order valence-corrected chi connectivity index (χ4v) is 2.93. The van der Waals surface area contributed by atoms with Crippen LogP contribution < -0.4 is 10.2 Å². The summed E-state index contributed by atoms with van der Waals surface area (Å²) in [6.07, 6.45) is 1.92. The molecule has 1 aliphatic rings. The van der Waals surface area contributed by atoms with Crippen molar-refractivity contribution in [2.24, 2.45) is 0 Å². The highest BCUT2D eigenvalue weighted by Crippen LogP contribution is 2.17. The van der Waals surface area contributed by atoms with Crippen LogP contribution >= 0.6 is 0 Å². The number of rotatable bonds is 3. The molecule has 1 aliphatic heterocycles. The monoisotopic (exact) mass is 253 g/mol. The van der Waals surface area contributed by atoms with Crippen LogP contribution in [0, 0.1) is 0 Å². The van der Waals surface area contributed by atoms with Gasteiger partial charge in [0, 0.05) is 47.6 Å². The van der Waals surface area contributed by atoms with E-state index in [0.29, 0.717) is 6.04 Å². The standard InChI is InChI=1S/C12H19N3OS/c1-10(13-2)11-3-4-12(14-9-11)15-5-7-17(16)8-6-15/h3-4,9-10,13H,5-8H2,1-2H3. The molecule has 5 heteroatoms. The number of anilines is 1. The van der Waals surface area contributed by atoms with Gasteiger partial charge in [0.1, 0.15) is 5.82 Å². The first-order chi connectivity index (χ1) is 8.20. The van der Waals surface area contributed by atoms with Gasteiger partial charge in [-0.25, -0.2) is 4.98 Å². The van der Waals surface area contributed by atoms with Gasteiger partial charge >= 0.3 is 0 Å². The molecule has 1 fully saturated rings. The number of hydrogen-bond acceptors (Lipinski definition) is 4. The van der Waals surface area contributed by atoms with Crippen molar-refractivity contribution in [2.75, 3.05) is 36.5 Å². The van der Waals surface area contributed by atoms with Crippen LogP contribution in [0.15, 0.2) is 18.3 Å². The molecule has 0 saturated carbocycles. The van der Waals surface area contributed by atoms with E-state index in [-0.39, 0.29) is 0 Å². The van der Waals surface area contributed by atoms with Crippen LogP contribution in [0.1, 0.15) is 18.5 Å². The molecular formula is C12H19N3OS. The second-order valence-electron chi connectivity index (χ2n) is 4.30. The Morgan fingerprint density at radius 1 is 1.41 bits per heavy atom. The second kappa shape index (κ2) is 5.60. The van der Waals surface area contributed by atoms with Crippen molar-refractivity contribution in [3.8, 4) is 0 Å². The molecule has 0 bridgehead atoms. The molecular weight excluding hydrogens is 234 g/mol. The van der Waals surface area contributed by atoms with Crippen LogP contribution in [0.3, 0.4) is 0 Å². The second-order valence-corrected chi connectivity index (χ2v) is 5.99. The Bertz CT molecular complexity index is 383. The van der Waals surface area contributed by atoms with Crippen LogP contribution in [0.5, 0.6) is 0 Å². The number of hydrogen-bond donors (Lipinski definition) is 1. The lowest BCUT2D eigenvalue weighted by Crippen LogP contribution is -2.38. The Kier molecular flexibility index (Phi) is 4.12. The predicted octanol–water partition coefficient (Wildman–Crippen LogP) is 0.931. The predicted molar refractivity (Wildman–Crippen MR) is 71.8 cm³/mol. The molecule has 1 atom stereocenters. The zero-order chi connectivity index (χ0) is 12.3. The minimum Gasteiger partial charge on any atom is -0.355 e. The first-order valence-corrected chi connectivity index (χ1v) is 7.42. The van der Waals surface area contributed by atoms with Crippen LogP contribution in [0.2, 0.25) is 0 Å². The number of nitrogens with one attached hydrogen (secondary N) is 1. The lowest BCUT2D eigenvalue weighted by atomic mass is 10.1. The normalized spacial score (nSPS) is 19.3. The van der Waals surface area contributed by atoms with Crippen LogP contribution in [-0.2, 0) is 10.8 Å². The summed E-state index contributed by atoms with van der Waals surface area (Å²) >= 11 is 0. The third-order valence-electron chi connectivity index (χ3n) is 3.21. The summed E-state index contributed by atoms with van der Waals surface area (Å²) in [6, 6.07) is 4.48. The quantitative estimate of drug-likeness (QED) is 0.870. The van der Waals surface area contributed by atoms with Crippen molar-refractivity contribution in [3.63, 3.8) is 0 Å². The Labute approximate surface area is 105 Å². The fraction of sp³-hybridized carbons (Fsp3) is 0.583. The van der Waals surface area contributed by atoms with E-state index in [1.807, 2.05) is 13.2 Å². The van der Waals surface area contributed by atoms with E-state index in [4.69, 9.17) is 0 Å². The third-order valence-corrected chi connectivity index (χ3v) is 4.48. The Hall–Kier alpha value is -0.940. The highest BCUT2D eigenvalue weighted by atomic mass is 32.2. The van der Waals surface area contributed by atoms with Gasteiger partial charge in [0.2, 0.25) is 0 Å². The first kappa shape index (κ1) is 12.5. The SMILES string of the molecule is CNC(C)c1ccc(N2CCS(=O)CC2)nc1. The van der Waals surface area contributed by atoms with E-state index in [0.717, 1.165) is 30.4 Å². The highest BCUT2D eigenvalue weighted by molar-refractivity contribution is 7.85. The number of nitrogens with zero attached hydrogens (tertiary/aromatic N) is 2. The minimum absolute atomic E-state index is 0.324. The lowest BCUT2D eigenvalue weighted by molar-refractivity contribution is 0.648. The average Bonchev–Trinajstić information content (AvgIpc) is 2.39. The highest BCUT2D eigenvalue weighted by Gasteiger charge is 2.16. The van der Waals surface area contributed by atoms with E-state index < -0.39 is 10.8 Å². The average molecular weight is 253 g/mol. The van der Waals surface area contributed by atoms with Gasteiger partial charge in [-0.1, -0.05) is 6.07 Å². The van der Waals surface area contributed by atoms with Gasteiger partial charge in [0.25, 0.3) is 0 Å². The molecule has 0 aromatic carbocycles. The van der Waals surface area contributed by atoms with E-state index in [1.165, 1.54) is 5.56 Å².